The van der Waals surface area contributed by atoms with Crippen LogP contribution in [0.4, 0.5) is 5.95 Å². The molecule has 1 aromatic heterocycles. The lowest BCUT2D eigenvalue weighted by atomic mass is 10.3. The van der Waals surface area contributed by atoms with Gasteiger partial charge in [-0.2, -0.15) is 15.0 Å². The van der Waals surface area contributed by atoms with Crippen molar-refractivity contribution in [3.8, 4) is 6.01 Å². The zero-order valence-corrected chi connectivity index (χ0v) is 9.73. The van der Waals surface area contributed by atoms with Crippen molar-refractivity contribution in [3.63, 3.8) is 0 Å². The molecule has 0 aliphatic rings. The molecular weight excluding hydrogens is 236 g/mol. The summed E-state index contributed by atoms with van der Waals surface area (Å²) in [5.41, 5.74) is 0. The van der Waals surface area contributed by atoms with Gasteiger partial charge in [0.05, 0.1) is 26.4 Å². The van der Waals surface area contributed by atoms with E-state index in [2.05, 4.69) is 20.3 Å². The molecule has 2 N–H and O–H groups in total. The van der Waals surface area contributed by atoms with Crippen LogP contribution in [0.2, 0.25) is 5.28 Å². The Hall–Kier alpha value is -1.18. The van der Waals surface area contributed by atoms with Gasteiger partial charge in [0, 0.05) is 7.11 Å². The molecule has 0 amide bonds. The zero-order valence-electron chi connectivity index (χ0n) is 8.97. The number of methoxy groups -OCH3 is 2. The second kappa shape index (κ2) is 6.41. The van der Waals surface area contributed by atoms with Crippen LogP contribution in [0, 0.1) is 0 Å². The molecule has 0 aromatic carbocycles. The highest BCUT2D eigenvalue weighted by atomic mass is 35.5. The van der Waals surface area contributed by atoms with Crippen LogP contribution in [0.15, 0.2) is 0 Å². The van der Waals surface area contributed by atoms with Crippen LogP contribution in [0.25, 0.3) is 0 Å². The Morgan fingerprint density at radius 1 is 1.38 bits per heavy atom. The highest BCUT2D eigenvalue weighted by Gasteiger charge is 2.11. The molecule has 0 saturated carbocycles. The predicted molar refractivity (Wildman–Crippen MR) is 57.8 cm³/mol. The van der Waals surface area contributed by atoms with Gasteiger partial charge in [0.15, 0.2) is 0 Å². The maximum atomic E-state index is 9.04. The first-order valence-electron chi connectivity index (χ1n) is 4.51. The van der Waals surface area contributed by atoms with E-state index < -0.39 is 0 Å². The molecule has 0 aliphatic carbocycles. The Bertz CT molecular complexity index is 339. The van der Waals surface area contributed by atoms with Gasteiger partial charge < -0.3 is 19.9 Å². The first kappa shape index (κ1) is 12.9. The Kier molecular flexibility index (Phi) is 5.17. The minimum absolute atomic E-state index is 0.0171. The summed E-state index contributed by atoms with van der Waals surface area (Å²) in [4.78, 5) is 11.5. The average Bonchev–Trinajstić information content (AvgIpc) is 2.27. The molecule has 0 aliphatic heterocycles. The molecule has 1 unspecified atom stereocenters. The SMILES string of the molecule is COCC(CO)Nc1nc(Cl)nc(OC)n1. The van der Waals surface area contributed by atoms with Gasteiger partial charge in [0.25, 0.3) is 0 Å². The lowest BCUT2D eigenvalue weighted by Crippen LogP contribution is -2.29. The molecule has 0 fully saturated rings. The Balaban J connectivity index is 2.74. The lowest BCUT2D eigenvalue weighted by molar-refractivity contribution is 0.153. The summed E-state index contributed by atoms with van der Waals surface area (Å²) in [5, 5.41) is 11.9. The van der Waals surface area contributed by atoms with Crippen LogP contribution in [0.1, 0.15) is 0 Å². The molecule has 1 atom stereocenters. The van der Waals surface area contributed by atoms with E-state index >= 15 is 0 Å². The molecule has 0 spiro atoms. The fourth-order valence-corrected chi connectivity index (χ4v) is 1.16. The van der Waals surface area contributed by atoms with Gasteiger partial charge in [-0.05, 0) is 11.6 Å². The third-order valence-corrected chi connectivity index (χ3v) is 1.86. The summed E-state index contributed by atoms with van der Waals surface area (Å²) in [5.74, 6) is 0.230. The molecule has 0 saturated heterocycles. The van der Waals surface area contributed by atoms with E-state index in [1.165, 1.54) is 14.2 Å². The van der Waals surface area contributed by atoms with E-state index in [1.807, 2.05) is 0 Å². The number of nitrogens with one attached hydrogen (secondary N) is 1. The van der Waals surface area contributed by atoms with Crippen molar-refractivity contribution in [3.05, 3.63) is 5.28 Å². The standard InChI is InChI=1S/C8H13ClN4O3/c1-15-4-5(3-14)10-7-11-6(9)12-8(13-7)16-2/h5,14H,3-4H2,1-2H3,(H,10,11,12,13). The quantitative estimate of drug-likeness (QED) is 0.730. The summed E-state index contributed by atoms with van der Waals surface area (Å²) < 4.78 is 9.73. The van der Waals surface area contributed by atoms with Crippen LogP contribution < -0.4 is 10.1 Å². The predicted octanol–water partition coefficient (Wildman–Crippen LogP) is -0.0472. The molecule has 90 valence electrons. The third kappa shape index (κ3) is 3.76. The second-order valence-corrected chi connectivity index (χ2v) is 3.23. The maximum Gasteiger partial charge on any atom is 0.322 e. The fraction of sp³-hybridized carbons (Fsp3) is 0.625. The van der Waals surface area contributed by atoms with Crippen molar-refractivity contribution in [2.24, 2.45) is 0 Å². The van der Waals surface area contributed by atoms with E-state index in [9.17, 15) is 0 Å². The van der Waals surface area contributed by atoms with Crippen LogP contribution in [0.5, 0.6) is 6.01 Å². The number of aromatic nitrogens is 3. The van der Waals surface area contributed by atoms with Crippen molar-refractivity contribution in [2.45, 2.75) is 6.04 Å². The number of hydrogen-bond acceptors (Lipinski definition) is 7. The molecule has 1 rings (SSSR count). The van der Waals surface area contributed by atoms with E-state index in [0.717, 1.165) is 0 Å². The molecule has 7 nitrogen and oxygen atoms in total. The summed E-state index contributed by atoms with van der Waals surface area (Å²) in [6, 6.07) is -0.204. The average molecular weight is 249 g/mol. The number of hydrogen-bond donors (Lipinski definition) is 2. The lowest BCUT2D eigenvalue weighted by Gasteiger charge is -2.14. The van der Waals surface area contributed by atoms with Crippen molar-refractivity contribution >= 4 is 17.5 Å². The van der Waals surface area contributed by atoms with Crippen LogP contribution >= 0.6 is 11.6 Å². The molecule has 0 bridgehead atoms. The van der Waals surface area contributed by atoms with Crippen molar-refractivity contribution in [1.82, 2.24) is 15.0 Å². The van der Waals surface area contributed by atoms with Crippen LogP contribution in [-0.2, 0) is 4.74 Å². The van der Waals surface area contributed by atoms with Gasteiger partial charge in [-0.1, -0.05) is 0 Å². The van der Waals surface area contributed by atoms with Crippen LogP contribution in [0.3, 0.4) is 0 Å². The van der Waals surface area contributed by atoms with E-state index in [4.69, 9.17) is 26.2 Å². The number of aliphatic hydroxyl groups excluding tert-OH is 1. The summed E-state index contributed by atoms with van der Waals surface area (Å²) in [6.45, 7) is 0.210. The molecule has 1 aromatic rings. The second-order valence-electron chi connectivity index (χ2n) is 2.89. The number of nitrogens with zero attached hydrogens (tertiary/aromatic N) is 3. The highest BCUT2D eigenvalue weighted by molar-refractivity contribution is 6.28. The van der Waals surface area contributed by atoms with Crippen molar-refractivity contribution in [2.75, 3.05) is 32.8 Å². The Morgan fingerprint density at radius 3 is 2.69 bits per heavy atom. The van der Waals surface area contributed by atoms with Gasteiger partial charge >= 0.3 is 6.01 Å². The van der Waals surface area contributed by atoms with Gasteiger partial charge in [-0.25, -0.2) is 0 Å². The first-order valence-corrected chi connectivity index (χ1v) is 4.89. The monoisotopic (exact) mass is 248 g/mol. The minimum Gasteiger partial charge on any atom is -0.467 e. The minimum atomic E-state index is -0.312. The van der Waals surface area contributed by atoms with Gasteiger partial charge in [0.2, 0.25) is 11.2 Å². The first-order chi connectivity index (χ1) is 7.69. The number of ether oxygens (including phenoxy) is 2. The Labute approximate surface area is 97.8 Å². The molecule has 16 heavy (non-hydrogen) atoms. The maximum absolute atomic E-state index is 9.04. The zero-order chi connectivity index (χ0) is 12.0. The number of aliphatic hydroxyl groups is 1. The highest BCUT2D eigenvalue weighted by Crippen LogP contribution is 2.11. The molecule has 1 heterocycles. The van der Waals surface area contributed by atoms with E-state index in [0.29, 0.717) is 6.61 Å². The normalized spacial score (nSPS) is 12.2. The largest absolute Gasteiger partial charge is 0.467 e. The van der Waals surface area contributed by atoms with Gasteiger partial charge in [-0.3, -0.25) is 0 Å². The van der Waals surface area contributed by atoms with E-state index in [-0.39, 0.29) is 29.9 Å². The smallest absolute Gasteiger partial charge is 0.322 e. The molecule has 8 heteroatoms. The van der Waals surface area contributed by atoms with E-state index in [1.54, 1.807) is 0 Å². The number of anilines is 1. The fourth-order valence-electron chi connectivity index (χ4n) is 1.01. The summed E-state index contributed by atoms with van der Waals surface area (Å²) in [6.07, 6.45) is 0. The molecule has 0 radical (unpaired) electrons. The number of rotatable bonds is 6. The van der Waals surface area contributed by atoms with Crippen LogP contribution in [-0.4, -0.2) is 53.5 Å². The summed E-state index contributed by atoms with van der Waals surface area (Å²) in [7, 11) is 2.96. The number of halogens is 1. The Morgan fingerprint density at radius 2 is 2.12 bits per heavy atom. The summed E-state index contributed by atoms with van der Waals surface area (Å²) >= 11 is 5.66. The van der Waals surface area contributed by atoms with Crippen molar-refractivity contribution < 1.29 is 14.6 Å². The van der Waals surface area contributed by atoms with Crippen molar-refractivity contribution in [1.29, 1.82) is 0 Å². The van der Waals surface area contributed by atoms with Gasteiger partial charge in [0.1, 0.15) is 0 Å². The topological polar surface area (TPSA) is 89.4 Å². The molecular formula is C8H13ClN4O3. The third-order valence-electron chi connectivity index (χ3n) is 1.69. The van der Waals surface area contributed by atoms with Gasteiger partial charge in [-0.15, -0.1) is 0 Å².